The Morgan fingerprint density at radius 1 is 1.35 bits per heavy atom. The molecule has 1 saturated heterocycles. The van der Waals surface area contributed by atoms with E-state index in [9.17, 15) is 13.2 Å². The number of carbonyl (C=O) groups is 1. The summed E-state index contributed by atoms with van der Waals surface area (Å²) < 4.78 is 24.3. The fourth-order valence-electron chi connectivity index (χ4n) is 1.93. The molecular weight excluding hydrogens is 240 g/mol. The van der Waals surface area contributed by atoms with Crippen molar-refractivity contribution in [2.45, 2.75) is 39.2 Å². The van der Waals surface area contributed by atoms with E-state index in [1.54, 1.807) is 0 Å². The molecule has 0 aromatic heterocycles. The normalized spacial score (nSPS) is 23.4. The maximum absolute atomic E-state index is 12.0. The first kappa shape index (κ1) is 14.4. The number of hydrogen-bond donors (Lipinski definition) is 1. The van der Waals surface area contributed by atoms with E-state index in [0.717, 1.165) is 12.8 Å². The Labute approximate surface area is 104 Å². The van der Waals surface area contributed by atoms with Crippen LogP contribution in [0.3, 0.4) is 0 Å². The van der Waals surface area contributed by atoms with Gasteiger partial charge in [-0.25, -0.2) is 12.7 Å². The van der Waals surface area contributed by atoms with E-state index in [0.29, 0.717) is 13.1 Å². The summed E-state index contributed by atoms with van der Waals surface area (Å²) in [6.07, 6.45) is 2.69. The van der Waals surface area contributed by atoms with Crippen LogP contribution < -0.4 is 5.32 Å². The van der Waals surface area contributed by atoms with Gasteiger partial charge in [-0.2, -0.15) is 0 Å². The lowest BCUT2D eigenvalue weighted by Crippen LogP contribution is -2.49. The monoisotopic (exact) mass is 262 g/mol. The lowest BCUT2D eigenvalue weighted by Gasteiger charge is -2.32. The van der Waals surface area contributed by atoms with E-state index >= 15 is 0 Å². The highest BCUT2D eigenvalue weighted by Crippen LogP contribution is 2.19. The van der Waals surface area contributed by atoms with Crippen LogP contribution in [-0.2, 0) is 14.8 Å². The molecule has 6 heteroatoms. The van der Waals surface area contributed by atoms with Crippen LogP contribution in [-0.4, -0.2) is 43.5 Å². The molecule has 1 aliphatic rings. The van der Waals surface area contributed by atoms with Crippen molar-refractivity contribution < 1.29 is 13.2 Å². The van der Waals surface area contributed by atoms with Crippen LogP contribution in [0.4, 0.5) is 0 Å². The molecule has 0 bridgehead atoms. The number of rotatable bonds is 2. The molecule has 5 nitrogen and oxygen atoms in total. The fourth-order valence-corrected chi connectivity index (χ4v) is 2.84. The number of piperidine rings is 1. The van der Waals surface area contributed by atoms with Crippen molar-refractivity contribution in [3.63, 3.8) is 0 Å². The van der Waals surface area contributed by atoms with Crippen LogP contribution in [0.2, 0.25) is 0 Å². The molecule has 100 valence electrons. The summed E-state index contributed by atoms with van der Waals surface area (Å²) in [6.45, 7) is 6.59. The average Bonchev–Trinajstić information content (AvgIpc) is 2.14. The highest BCUT2D eigenvalue weighted by molar-refractivity contribution is 7.88. The third-order valence-corrected chi connectivity index (χ3v) is 3.99. The Kier molecular flexibility index (Phi) is 4.19. The van der Waals surface area contributed by atoms with E-state index in [1.807, 2.05) is 20.8 Å². The van der Waals surface area contributed by atoms with Gasteiger partial charge in [-0.3, -0.25) is 4.79 Å². The highest BCUT2D eigenvalue weighted by atomic mass is 32.2. The minimum atomic E-state index is -3.18. The molecule has 0 saturated carbocycles. The summed E-state index contributed by atoms with van der Waals surface area (Å²) in [4.78, 5) is 12.0. The number of carbonyl (C=O) groups excluding carboxylic acids is 1. The van der Waals surface area contributed by atoms with Crippen LogP contribution in [0.5, 0.6) is 0 Å². The first-order valence-electron chi connectivity index (χ1n) is 5.87. The molecule has 1 N–H and O–H groups in total. The maximum Gasteiger partial charge on any atom is 0.224 e. The van der Waals surface area contributed by atoms with Gasteiger partial charge in [0.05, 0.1) is 12.2 Å². The summed E-state index contributed by atoms with van der Waals surface area (Å²) in [5.41, 5.74) is -0.273. The predicted octanol–water partition coefficient (Wildman–Crippen LogP) is 0.573. The van der Waals surface area contributed by atoms with Gasteiger partial charge in [0.1, 0.15) is 0 Å². The van der Waals surface area contributed by atoms with Gasteiger partial charge < -0.3 is 5.32 Å². The average molecular weight is 262 g/mol. The summed E-state index contributed by atoms with van der Waals surface area (Å²) in [7, 11) is -3.18. The molecule has 0 radical (unpaired) electrons. The standard InChI is InChI=1S/C11H22N2O3S/c1-11(2,3)12-10(14)9-6-5-7-13(8-9)17(4,15)16/h9H,5-8H2,1-4H3,(H,12,14). The topological polar surface area (TPSA) is 66.5 Å². The molecule has 1 heterocycles. The Balaban J connectivity index is 2.64. The lowest BCUT2D eigenvalue weighted by molar-refractivity contribution is -0.127. The van der Waals surface area contributed by atoms with Gasteiger partial charge in [-0.15, -0.1) is 0 Å². The highest BCUT2D eigenvalue weighted by Gasteiger charge is 2.31. The van der Waals surface area contributed by atoms with Crippen LogP contribution >= 0.6 is 0 Å². The molecule has 0 aromatic rings. The summed E-state index contributed by atoms with van der Waals surface area (Å²) in [5.74, 6) is -0.274. The molecule has 1 unspecified atom stereocenters. The number of nitrogens with one attached hydrogen (secondary N) is 1. The number of hydrogen-bond acceptors (Lipinski definition) is 3. The third-order valence-electron chi connectivity index (χ3n) is 2.72. The molecule has 0 aromatic carbocycles. The van der Waals surface area contributed by atoms with Crippen LogP contribution in [0.15, 0.2) is 0 Å². The van der Waals surface area contributed by atoms with E-state index < -0.39 is 10.0 Å². The van der Waals surface area contributed by atoms with Crippen molar-refractivity contribution in [2.24, 2.45) is 5.92 Å². The Bertz CT molecular complexity index is 384. The van der Waals surface area contributed by atoms with Crippen molar-refractivity contribution in [3.05, 3.63) is 0 Å². The van der Waals surface area contributed by atoms with Crippen LogP contribution in [0.1, 0.15) is 33.6 Å². The van der Waals surface area contributed by atoms with Gasteiger partial charge in [-0.05, 0) is 33.6 Å². The van der Waals surface area contributed by atoms with Crippen molar-refractivity contribution in [3.8, 4) is 0 Å². The summed E-state index contributed by atoms with van der Waals surface area (Å²) in [6, 6.07) is 0. The molecule has 0 spiro atoms. The molecule has 0 aliphatic carbocycles. The Hall–Kier alpha value is -0.620. The van der Waals surface area contributed by atoms with Gasteiger partial charge in [-0.1, -0.05) is 0 Å². The Morgan fingerprint density at radius 2 is 1.94 bits per heavy atom. The number of nitrogens with zero attached hydrogens (tertiary/aromatic N) is 1. The molecule has 1 fully saturated rings. The molecule has 17 heavy (non-hydrogen) atoms. The summed E-state index contributed by atoms with van der Waals surface area (Å²) in [5, 5.41) is 2.90. The maximum atomic E-state index is 12.0. The van der Waals surface area contributed by atoms with Crippen molar-refractivity contribution in [1.82, 2.24) is 9.62 Å². The fraction of sp³-hybridized carbons (Fsp3) is 0.909. The zero-order valence-electron chi connectivity index (χ0n) is 11.0. The zero-order chi connectivity index (χ0) is 13.3. The number of amides is 1. The van der Waals surface area contributed by atoms with E-state index in [1.165, 1.54) is 10.6 Å². The first-order chi connectivity index (χ1) is 7.59. The van der Waals surface area contributed by atoms with E-state index in [4.69, 9.17) is 0 Å². The number of sulfonamides is 1. The SMILES string of the molecule is CC(C)(C)NC(=O)C1CCCN(S(C)(=O)=O)C1. The van der Waals surface area contributed by atoms with E-state index in [2.05, 4.69) is 5.32 Å². The third kappa shape index (κ3) is 4.63. The minimum absolute atomic E-state index is 0.0501. The van der Waals surface area contributed by atoms with Crippen LogP contribution in [0, 0.1) is 5.92 Å². The van der Waals surface area contributed by atoms with Crippen LogP contribution in [0.25, 0.3) is 0 Å². The molecule has 1 rings (SSSR count). The second-order valence-corrected chi connectivity index (χ2v) is 7.68. The largest absolute Gasteiger partial charge is 0.351 e. The summed E-state index contributed by atoms with van der Waals surface area (Å²) >= 11 is 0. The molecular formula is C11H22N2O3S. The van der Waals surface area contributed by atoms with Gasteiger partial charge in [0.25, 0.3) is 0 Å². The second-order valence-electron chi connectivity index (χ2n) is 5.70. The van der Waals surface area contributed by atoms with Gasteiger partial charge in [0, 0.05) is 18.6 Å². The molecule has 1 amide bonds. The predicted molar refractivity (Wildman–Crippen MR) is 67.0 cm³/mol. The first-order valence-corrected chi connectivity index (χ1v) is 7.71. The van der Waals surface area contributed by atoms with Gasteiger partial charge in [0.2, 0.25) is 15.9 Å². The van der Waals surface area contributed by atoms with Crippen molar-refractivity contribution in [1.29, 1.82) is 0 Å². The lowest BCUT2D eigenvalue weighted by atomic mass is 9.97. The van der Waals surface area contributed by atoms with E-state index in [-0.39, 0.29) is 17.4 Å². The smallest absolute Gasteiger partial charge is 0.224 e. The molecule has 1 atom stereocenters. The zero-order valence-corrected chi connectivity index (χ0v) is 11.8. The van der Waals surface area contributed by atoms with Gasteiger partial charge >= 0.3 is 0 Å². The molecule has 1 aliphatic heterocycles. The quantitative estimate of drug-likeness (QED) is 0.791. The van der Waals surface area contributed by atoms with Crippen molar-refractivity contribution in [2.75, 3.05) is 19.3 Å². The minimum Gasteiger partial charge on any atom is -0.351 e. The van der Waals surface area contributed by atoms with Gasteiger partial charge in [0.15, 0.2) is 0 Å². The van der Waals surface area contributed by atoms with Crippen molar-refractivity contribution >= 4 is 15.9 Å². The Morgan fingerprint density at radius 3 is 2.41 bits per heavy atom. The second kappa shape index (κ2) is 4.94.